The Kier molecular flexibility index (Phi) is 4.25. The van der Waals surface area contributed by atoms with Crippen LogP contribution < -0.4 is 0 Å². The maximum absolute atomic E-state index is 11.8. The number of hydrogen-bond donors (Lipinski definition) is 0. The average Bonchev–Trinajstić information content (AvgIpc) is 2.58. The van der Waals surface area contributed by atoms with E-state index in [4.69, 9.17) is 4.74 Å². The van der Waals surface area contributed by atoms with Crippen LogP contribution in [0.4, 0.5) is 0 Å². The first-order valence-corrected chi connectivity index (χ1v) is 4.94. The van der Waals surface area contributed by atoms with E-state index in [2.05, 4.69) is 4.98 Å². The Hall–Kier alpha value is -1.62. The molecular formula is C11H17N3O2. The van der Waals surface area contributed by atoms with Crippen LogP contribution in [0.5, 0.6) is 0 Å². The third kappa shape index (κ3) is 2.93. The minimum atomic E-state index is -0.0638. The Balaban J connectivity index is 2.84. The van der Waals surface area contributed by atoms with E-state index in [9.17, 15) is 4.79 Å². The summed E-state index contributed by atoms with van der Waals surface area (Å²) < 4.78 is 6.72. The van der Waals surface area contributed by atoms with E-state index >= 15 is 0 Å². The molecule has 0 aromatic carbocycles. The molecule has 0 aliphatic heterocycles. The first-order chi connectivity index (χ1) is 7.56. The van der Waals surface area contributed by atoms with E-state index in [1.54, 1.807) is 31.1 Å². The van der Waals surface area contributed by atoms with Crippen LogP contribution in [0.2, 0.25) is 0 Å². The van der Waals surface area contributed by atoms with Gasteiger partial charge in [-0.3, -0.25) is 4.79 Å². The summed E-state index contributed by atoms with van der Waals surface area (Å²) in [6.45, 7) is 0.404. The number of carbonyl (C=O) groups excluding carboxylic acids is 1. The second kappa shape index (κ2) is 5.46. The average molecular weight is 223 g/mol. The number of imidazole rings is 1. The van der Waals surface area contributed by atoms with Gasteiger partial charge in [-0.25, -0.2) is 4.98 Å². The molecule has 0 saturated heterocycles. The largest absolute Gasteiger partial charge is 0.383 e. The van der Waals surface area contributed by atoms with Gasteiger partial charge < -0.3 is 14.2 Å². The first-order valence-electron chi connectivity index (χ1n) is 4.94. The molecule has 0 unspecified atom stereocenters. The predicted molar refractivity (Wildman–Crippen MR) is 61.1 cm³/mol. The highest BCUT2D eigenvalue weighted by Crippen LogP contribution is 2.05. The molecule has 88 valence electrons. The fraction of sp³-hybridized carbons (Fsp3) is 0.455. The van der Waals surface area contributed by atoms with Crippen LogP contribution in [-0.4, -0.2) is 41.4 Å². The molecule has 1 aromatic heterocycles. The molecule has 0 spiro atoms. The fourth-order valence-corrected chi connectivity index (χ4v) is 1.24. The molecule has 0 aliphatic carbocycles. The zero-order valence-electron chi connectivity index (χ0n) is 10.1. The zero-order chi connectivity index (χ0) is 12.1. The van der Waals surface area contributed by atoms with Gasteiger partial charge >= 0.3 is 0 Å². The van der Waals surface area contributed by atoms with Crippen LogP contribution in [0.3, 0.4) is 0 Å². The maximum atomic E-state index is 11.8. The molecule has 0 bridgehead atoms. The Morgan fingerprint density at radius 3 is 2.88 bits per heavy atom. The summed E-state index contributed by atoms with van der Waals surface area (Å²) in [7, 11) is 7.13. The van der Waals surface area contributed by atoms with Crippen LogP contribution in [-0.2, 0) is 18.4 Å². The molecule has 1 aromatic rings. The number of allylic oxidation sites excluding steroid dienone is 1. The number of ether oxygens (including phenoxy) is 1. The summed E-state index contributed by atoms with van der Waals surface area (Å²) in [6, 6.07) is 0. The number of hydrogen-bond acceptors (Lipinski definition) is 4. The Labute approximate surface area is 95.3 Å². The first kappa shape index (κ1) is 12.4. The van der Waals surface area contributed by atoms with Crippen molar-refractivity contribution in [1.29, 1.82) is 0 Å². The van der Waals surface area contributed by atoms with E-state index in [0.717, 1.165) is 5.82 Å². The third-order valence-corrected chi connectivity index (χ3v) is 2.13. The van der Waals surface area contributed by atoms with Gasteiger partial charge in [0, 0.05) is 40.5 Å². The highest BCUT2D eigenvalue weighted by molar-refractivity contribution is 6.03. The van der Waals surface area contributed by atoms with Crippen molar-refractivity contribution in [3.05, 3.63) is 30.0 Å². The van der Waals surface area contributed by atoms with Gasteiger partial charge in [-0.15, -0.1) is 0 Å². The van der Waals surface area contributed by atoms with Gasteiger partial charge in [-0.2, -0.15) is 0 Å². The molecule has 16 heavy (non-hydrogen) atoms. The molecular weight excluding hydrogens is 206 g/mol. The van der Waals surface area contributed by atoms with Crippen molar-refractivity contribution >= 4 is 5.78 Å². The smallest absolute Gasteiger partial charge is 0.205 e. The molecule has 0 N–H and O–H groups in total. The lowest BCUT2D eigenvalue weighted by Crippen LogP contribution is -2.08. The van der Waals surface area contributed by atoms with Gasteiger partial charge in [0.2, 0.25) is 5.78 Å². The van der Waals surface area contributed by atoms with Crippen LogP contribution in [0.15, 0.2) is 18.5 Å². The number of rotatable bonds is 5. The number of nitrogens with zero attached hydrogens (tertiary/aromatic N) is 3. The molecule has 0 radical (unpaired) electrons. The summed E-state index contributed by atoms with van der Waals surface area (Å²) in [5.41, 5.74) is 0.560. The van der Waals surface area contributed by atoms with Crippen molar-refractivity contribution in [2.75, 3.05) is 21.2 Å². The minimum absolute atomic E-state index is 0.0638. The van der Waals surface area contributed by atoms with Crippen LogP contribution >= 0.6 is 0 Å². The molecule has 0 fully saturated rings. The second-order valence-electron chi connectivity index (χ2n) is 3.70. The number of carbonyl (C=O) groups is 1. The highest BCUT2D eigenvalue weighted by Gasteiger charge is 2.11. The lowest BCUT2D eigenvalue weighted by molar-refractivity contribution is 0.103. The molecule has 0 aliphatic rings. The van der Waals surface area contributed by atoms with Crippen LogP contribution in [0.25, 0.3) is 0 Å². The monoisotopic (exact) mass is 223 g/mol. The summed E-state index contributed by atoms with van der Waals surface area (Å²) in [5, 5.41) is 0. The second-order valence-corrected chi connectivity index (χ2v) is 3.70. The van der Waals surface area contributed by atoms with Gasteiger partial charge in [-0.05, 0) is 0 Å². The summed E-state index contributed by atoms with van der Waals surface area (Å²) in [5.74, 6) is 0.676. The van der Waals surface area contributed by atoms with Gasteiger partial charge in [0.05, 0.1) is 6.20 Å². The van der Waals surface area contributed by atoms with Gasteiger partial charge in [0.1, 0.15) is 18.1 Å². The van der Waals surface area contributed by atoms with E-state index in [-0.39, 0.29) is 5.78 Å². The van der Waals surface area contributed by atoms with Crippen molar-refractivity contribution in [3.63, 3.8) is 0 Å². The summed E-state index contributed by atoms with van der Waals surface area (Å²) >= 11 is 0. The SMILES string of the molecule is COCc1ncc(C(=O)/C=C/N(C)C)n1C. The standard InChI is InChI=1S/C11H17N3O2/c1-13(2)6-5-10(15)9-7-12-11(8-16-4)14(9)3/h5-7H,8H2,1-4H3/b6-5+. The highest BCUT2D eigenvalue weighted by atomic mass is 16.5. The third-order valence-electron chi connectivity index (χ3n) is 2.13. The van der Waals surface area contributed by atoms with Crippen molar-refractivity contribution in [2.24, 2.45) is 7.05 Å². The van der Waals surface area contributed by atoms with Crippen LogP contribution in [0, 0.1) is 0 Å². The minimum Gasteiger partial charge on any atom is -0.383 e. The Bertz CT molecular complexity index is 394. The Morgan fingerprint density at radius 2 is 2.31 bits per heavy atom. The van der Waals surface area contributed by atoms with Gasteiger partial charge in [0.15, 0.2) is 0 Å². The Morgan fingerprint density at radius 1 is 1.62 bits per heavy atom. The summed E-state index contributed by atoms with van der Waals surface area (Å²) in [6.07, 6.45) is 4.80. The maximum Gasteiger partial charge on any atom is 0.205 e. The van der Waals surface area contributed by atoms with Crippen molar-refractivity contribution in [1.82, 2.24) is 14.5 Å². The van der Waals surface area contributed by atoms with Crippen molar-refractivity contribution in [3.8, 4) is 0 Å². The number of aromatic nitrogens is 2. The topological polar surface area (TPSA) is 47.4 Å². The number of methoxy groups -OCH3 is 1. The molecule has 5 nitrogen and oxygen atoms in total. The normalized spacial score (nSPS) is 11.0. The van der Waals surface area contributed by atoms with Crippen molar-refractivity contribution in [2.45, 2.75) is 6.61 Å². The lowest BCUT2D eigenvalue weighted by Gasteiger charge is -2.04. The quantitative estimate of drug-likeness (QED) is 0.548. The van der Waals surface area contributed by atoms with E-state index in [1.807, 2.05) is 19.0 Å². The predicted octanol–water partition coefficient (Wildman–Crippen LogP) is 0.825. The van der Waals surface area contributed by atoms with Gasteiger partial charge in [-0.1, -0.05) is 0 Å². The molecule has 0 saturated carbocycles. The summed E-state index contributed by atoms with van der Waals surface area (Å²) in [4.78, 5) is 17.7. The molecule has 0 amide bonds. The van der Waals surface area contributed by atoms with Crippen molar-refractivity contribution < 1.29 is 9.53 Å². The molecule has 1 heterocycles. The fourth-order valence-electron chi connectivity index (χ4n) is 1.24. The van der Waals surface area contributed by atoms with E-state index < -0.39 is 0 Å². The van der Waals surface area contributed by atoms with Crippen LogP contribution in [0.1, 0.15) is 16.3 Å². The van der Waals surface area contributed by atoms with E-state index in [1.165, 1.54) is 6.08 Å². The lowest BCUT2D eigenvalue weighted by atomic mass is 10.3. The van der Waals surface area contributed by atoms with E-state index in [0.29, 0.717) is 12.3 Å². The zero-order valence-corrected chi connectivity index (χ0v) is 10.1. The molecule has 0 atom stereocenters. The number of ketones is 1. The molecule has 5 heteroatoms. The molecule has 1 rings (SSSR count). The van der Waals surface area contributed by atoms with Gasteiger partial charge in [0.25, 0.3) is 0 Å².